The maximum atomic E-state index is 12.9. The van der Waals surface area contributed by atoms with Crippen LogP contribution in [-0.4, -0.2) is 28.5 Å². The summed E-state index contributed by atoms with van der Waals surface area (Å²) in [6, 6.07) is 15.1. The lowest BCUT2D eigenvalue weighted by atomic mass is 9.80. The van der Waals surface area contributed by atoms with Gasteiger partial charge in [-0.25, -0.2) is 0 Å². The van der Waals surface area contributed by atoms with Gasteiger partial charge in [0.15, 0.2) is 0 Å². The average Bonchev–Trinajstić information content (AvgIpc) is 3.24. The molecule has 2 atom stereocenters. The lowest BCUT2D eigenvalue weighted by molar-refractivity contribution is 0.0600. The number of thiophene rings is 1. The highest BCUT2D eigenvalue weighted by Crippen LogP contribution is 2.40. The molecule has 28 heavy (non-hydrogen) atoms. The second-order valence-electron chi connectivity index (χ2n) is 7.57. The summed E-state index contributed by atoms with van der Waals surface area (Å²) in [6.45, 7) is 2.03. The van der Waals surface area contributed by atoms with Crippen LogP contribution in [-0.2, 0) is 6.54 Å². The molecule has 2 aliphatic rings. The fourth-order valence-electron chi connectivity index (χ4n) is 4.61. The maximum absolute atomic E-state index is 12.9. The van der Waals surface area contributed by atoms with E-state index < -0.39 is 0 Å². The molecule has 3 aromatic rings. The molecule has 2 bridgehead atoms. The van der Waals surface area contributed by atoms with Crippen molar-refractivity contribution in [3.05, 3.63) is 79.9 Å². The third-order valence-corrected chi connectivity index (χ3v) is 6.87. The van der Waals surface area contributed by atoms with Crippen molar-refractivity contribution >= 4 is 28.8 Å². The quantitative estimate of drug-likeness (QED) is 0.624. The Morgan fingerprint density at radius 2 is 1.86 bits per heavy atom. The molecule has 5 rings (SSSR count). The molecule has 2 aliphatic heterocycles. The summed E-state index contributed by atoms with van der Waals surface area (Å²) in [7, 11) is 0. The Bertz CT molecular complexity index is 1090. The molecule has 4 nitrogen and oxygen atoms in total. The number of halogens is 1. The summed E-state index contributed by atoms with van der Waals surface area (Å²) < 4.78 is 1.93. The zero-order valence-electron chi connectivity index (χ0n) is 15.2. The molecule has 4 heterocycles. The first-order valence-corrected chi connectivity index (χ1v) is 10.7. The van der Waals surface area contributed by atoms with E-state index in [1.165, 1.54) is 11.3 Å². The van der Waals surface area contributed by atoms with Crippen molar-refractivity contribution in [1.29, 1.82) is 0 Å². The molecular weight excluding hydrogens is 392 g/mol. The summed E-state index contributed by atoms with van der Waals surface area (Å²) in [5.41, 5.74) is 3.20. The molecule has 0 aliphatic carbocycles. The van der Waals surface area contributed by atoms with Gasteiger partial charge in [0.2, 0.25) is 0 Å². The van der Waals surface area contributed by atoms with E-state index in [0.29, 0.717) is 30.6 Å². The standard InChI is InChI=1S/C22H19ClN2O2S/c23-17-5-3-15(4-6-17)18-7-8-20(26)25-12-14-10-16(21(18)25)13-24(11-14)22(27)19-2-1-9-28-19/h1-9,14,16H,10-13H2/t14-,16-/m1/s1. The zero-order chi connectivity index (χ0) is 19.3. The van der Waals surface area contributed by atoms with Crippen LogP contribution >= 0.6 is 22.9 Å². The average molecular weight is 411 g/mol. The fraction of sp³-hybridized carbons (Fsp3) is 0.273. The van der Waals surface area contributed by atoms with Crippen LogP contribution in [0, 0.1) is 5.92 Å². The van der Waals surface area contributed by atoms with Crippen molar-refractivity contribution in [3.63, 3.8) is 0 Å². The van der Waals surface area contributed by atoms with E-state index in [9.17, 15) is 9.59 Å². The number of amides is 1. The number of rotatable bonds is 2. The highest BCUT2D eigenvalue weighted by atomic mass is 35.5. The topological polar surface area (TPSA) is 42.3 Å². The molecule has 1 aromatic carbocycles. The van der Waals surface area contributed by atoms with E-state index in [2.05, 4.69) is 0 Å². The third kappa shape index (κ3) is 2.99. The number of benzene rings is 1. The zero-order valence-corrected chi connectivity index (χ0v) is 16.7. The van der Waals surface area contributed by atoms with E-state index in [0.717, 1.165) is 28.1 Å². The monoisotopic (exact) mass is 410 g/mol. The number of carbonyl (C=O) groups excluding carboxylic acids is 1. The molecule has 0 N–H and O–H groups in total. The van der Waals surface area contributed by atoms with Gasteiger partial charge in [-0.15, -0.1) is 11.3 Å². The van der Waals surface area contributed by atoms with Crippen molar-refractivity contribution in [2.24, 2.45) is 5.92 Å². The van der Waals surface area contributed by atoms with E-state index in [1.807, 2.05) is 57.3 Å². The van der Waals surface area contributed by atoms with Gasteiger partial charge in [-0.05, 0) is 47.5 Å². The van der Waals surface area contributed by atoms with Gasteiger partial charge in [0.05, 0.1) is 4.88 Å². The number of carbonyl (C=O) groups is 1. The van der Waals surface area contributed by atoms with Crippen LogP contribution in [0.3, 0.4) is 0 Å². The summed E-state index contributed by atoms with van der Waals surface area (Å²) in [5, 5.41) is 2.63. The smallest absolute Gasteiger partial charge is 0.263 e. The minimum atomic E-state index is 0.0421. The summed E-state index contributed by atoms with van der Waals surface area (Å²) in [6.07, 6.45) is 1.01. The van der Waals surface area contributed by atoms with Crippen LogP contribution in [0.4, 0.5) is 0 Å². The number of nitrogens with zero attached hydrogens (tertiary/aromatic N) is 2. The normalized spacial score (nSPS) is 20.7. The first kappa shape index (κ1) is 17.7. The van der Waals surface area contributed by atoms with Crippen molar-refractivity contribution in [1.82, 2.24) is 9.47 Å². The van der Waals surface area contributed by atoms with Gasteiger partial charge in [0, 0.05) is 47.9 Å². The predicted molar refractivity (Wildman–Crippen MR) is 112 cm³/mol. The van der Waals surface area contributed by atoms with E-state index >= 15 is 0 Å². The number of fused-ring (bicyclic) bond motifs is 4. The molecular formula is C22H19ClN2O2S. The van der Waals surface area contributed by atoms with Crippen molar-refractivity contribution < 1.29 is 4.79 Å². The van der Waals surface area contributed by atoms with Gasteiger partial charge in [-0.3, -0.25) is 9.59 Å². The molecule has 0 saturated carbocycles. The van der Waals surface area contributed by atoms with Crippen LogP contribution < -0.4 is 5.56 Å². The Balaban J connectivity index is 1.56. The Morgan fingerprint density at radius 1 is 1.04 bits per heavy atom. The van der Waals surface area contributed by atoms with Gasteiger partial charge in [0.1, 0.15) is 0 Å². The van der Waals surface area contributed by atoms with E-state index in [-0.39, 0.29) is 17.4 Å². The van der Waals surface area contributed by atoms with Crippen molar-refractivity contribution in [2.45, 2.75) is 18.9 Å². The molecule has 0 unspecified atom stereocenters. The Hall–Kier alpha value is -2.37. The Kier molecular flexibility index (Phi) is 4.37. The van der Waals surface area contributed by atoms with Crippen LogP contribution in [0.5, 0.6) is 0 Å². The molecule has 0 spiro atoms. The van der Waals surface area contributed by atoms with Gasteiger partial charge in [0.25, 0.3) is 11.5 Å². The Morgan fingerprint density at radius 3 is 2.61 bits per heavy atom. The van der Waals surface area contributed by atoms with Gasteiger partial charge < -0.3 is 9.47 Å². The van der Waals surface area contributed by atoms with Crippen LogP contribution in [0.15, 0.2) is 58.7 Å². The number of aromatic nitrogens is 1. The second-order valence-corrected chi connectivity index (χ2v) is 8.96. The van der Waals surface area contributed by atoms with Crippen LogP contribution in [0.1, 0.15) is 27.7 Å². The third-order valence-electron chi connectivity index (χ3n) is 5.76. The van der Waals surface area contributed by atoms with E-state index in [4.69, 9.17) is 11.6 Å². The Labute approximate surface area is 172 Å². The first-order valence-electron chi connectivity index (χ1n) is 9.42. The number of likely N-dealkylation sites (tertiary alicyclic amines) is 1. The number of piperidine rings is 1. The van der Waals surface area contributed by atoms with Gasteiger partial charge >= 0.3 is 0 Å². The molecule has 1 fully saturated rings. The lowest BCUT2D eigenvalue weighted by Crippen LogP contribution is -2.49. The van der Waals surface area contributed by atoms with Crippen LogP contribution in [0.25, 0.3) is 11.1 Å². The molecule has 1 amide bonds. The van der Waals surface area contributed by atoms with E-state index in [1.54, 1.807) is 6.07 Å². The molecule has 2 aromatic heterocycles. The molecule has 6 heteroatoms. The predicted octanol–water partition coefficient (Wildman–Crippen LogP) is 4.49. The molecule has 0 radical (unpaired) electrons. The molecule has 1 saturated heterocycles. The van der Waals surface area contributed by atoms with Gasteiger partial charge in [-0.1, -0.05) is 29.8 Å². The number of hydrogen-bond acceptors (Lipinski definition) is 3. The SMILES string of the molecule is O=C(c1cccs1)N1C[C@H]2C[C@H](C1)c1c(-c3ccc(Cl)cc3)ccc(=O)n1C2. The largest absolute Gasteiger partial charge is 0.337 e. The van der Waals surface area contributed by atoms with Crippen LogP contribution in [0.2, 0.25) is 5.02 Å². The second kappa shape index (κ2) is 6.90. The maximum Gasteiger partial charge on any atom is 0.263 e. The molecule has 142 valence electrons. The highest BCUT2D eigenvalue weighted by Gasteiger charge is 2.38. The van der Waals surface area contributed by atoms with Gasteiger partial charge in [-0.2, -0.15) is 0 Å². The first-order chi connectivity index (χ1) is 13.6. The number of pyridine rings is 1. The summed E-state index contributed by atoms with van der Waals surface area (Å²) in [5.74, 6) is 0.578. The minimum absolute atomic E-state index is 0.0421. The number of hydrogen-bond donors (Lipinski definition) is 0. The van der Waals surface area contributed by atoms with Crippen molar-refractivity contribution in [2.75, 3.05) is 13.1 Å². The minimum Gasteiger partial charge on any atom is -0.337 e. The summed E-state index contributed by atoms with van der Waals surface area (Å²) in [4.78, 5) is 28.3. The highest BCUT2D eigenvalue weighted by molar-refractivity contribution is 7.12. The lowest BCUT2D eigenvalue weighted by Gasteiger charge is -2.43. The summed E-state index contributed by atoms with van der Waals surface area (Å²) >= 11 is 7.54. The van der Waals surface area contributed by atoms with Crippen molar-refractivity contribution in [3.8, 4) is 11.1 Å². The fourth-order valence-corrected chi connectivity index (χ4v) is 5.43.